The first kappa shape index (κ1) is 13.9. The summed E-state index contributed by atoms with van der Waals surface area (Å²) in [6, 6.07) is 0. The highest BCUT2D eigenvalue weighted by Crippen LogP contribution is 2.64. The number of hydrogen-bond acceptors (Lipinski definition) is 8. The molecule has 3 rings (SSSR count). The van der Waals surface area contributed by atoms with E-state index in [9.17, 15) is 10.2 Å². The minimum atomic E-state index is 0.0118. The lowest BCUT2D eigenvalue weighted by Crippen LogP contribution is -1.89. The van der Waals surface area contributed by atoms with E-state index in [2.05, 4.69) is 10.8 Å². The number of hydrogen-bond donors (Lipinski definition) is 2. The molecule has 0 aliphatic carbocycles. The second kappa shape index (κ2) is 6.17. The maximum absolute atomic E-state index is 9.27. The van der Waals surface area contributed by atoms with Crippen LogP contribution in [0, 0.1) is 0 Å². The lowest BCUT2D eigenvalue weighted by molar-refractivity contribution is 0.324. The van der Waals surface area contributed by atoms with Crippen molar-refractivity contribution >= 4 is 70.6 Å². The maximum atomic E-state index is 9.27. The van der Waals surface area contributed by atoms with Crippen molar-refractivity contribution < 1.29 is 10.2 Å². The molecule has 96 valence electrons. The van der Waals surface area contributed by atoms with Crippen LogP contribution in [0.3, 0.4) is 0 Å². The van der Waals surface area contributed by atoms with Crippen LogP contribution in [-0.2, 0) is 0 Å². The van der Waals surface area contributed by atoms with Gasteiger partial charge in [-0.1, -0.05) is 70.6 Å². The Balaban J connectivity index is 1.77. The Morgan fingerprint density at radius 2 is 1.11 bits per heavy atom. The molecule has 3 aliphatic heterocycles. The highest BCUT2D eigenvalue weighted by atomic mass is 32.3. The SMILES string of the molecule is OCC1=C(CO)SC(=C2SC3=C(SC=CS3)S2)S1. The smallest absolute Gasteiger partial charge is 0.0753 e. The van der Waals surface area contributed by atoms with Crippen LogP contribution in [-0.4, -0.2) is 23.4 Å². The Morgan fingerprint density at radius 3 is 1.56 bits per heavy atom. The molecular formula is C10H8O2S6. The molecule has 0 radical (unpaired) electrons. The summed E-state index contributed by atoms with van der Waals surface area (Å²) in [6.07, 6.45) is 0. The van der Waals surface area contributed by atoms with Crippen molar-refractivity contribution in [2.24, 2.45) is 0 Å². The highest BCUT2D eigenvalue weighted by molar-refractivity contribution is 8.43. The van der Waals surface area contributed by atoms with Gasteiger partial charge in [-0.15, -0.1) is 0 Å². The van der Waals surface area contributed by atoms with Crippen molar-refractivity contribution in [1.29, 1.82) is 0 Å². The van der Waals surface area contributed by atoms with Crippen LogP contribution in [0.4, 0.5) is 0 Å². The van der Waals surface area contributed by atoms with E-state index >= 15 is 0 Å². The summed E-state index contributed by atoms with van der Waals surface area (Å²) < 4.78 is 5.15. The van der Waals surface area contributed by atoms with Crippen LogP contribution in [0.25, 0.3) is 0 Å². The molecule has 0 fully saturated rings. The minimum absolute atomic E-state index is 0.0118. The molecule has 3 heterocycles. The fourth-order valence-electron chi connectivity index (χ4n) is 1.36. The zero-order chi connectivity index (χ0) is 12.5. The van der Waals surface area contributed by atoms with E-state index in [1.807, 2.05) is 0 Å². The van der Waals surface area contributed by atoms with E-state index in [0.717, 1.165) is 9.81 Å². The molecule has 0 bridgehead atoms. The fourth-order valence-corrected chi connectivity index (χ4v) is 9.32. The molecule has 0 saturated heterocycles. The van der Waals surface area contributed by atoms with E-state index in [4.69, 9.17) is 0 Å². The van der Waals surface area contributed by atoms with Gasteiger partial charge in [0.05, 0.1) is 30.2 Å². The third-order valence-electron chi connectivity index (χ3n) is 2.14. The second-order valence-corrected chi connectivity index (χ2v) is 10.3. The maximum Gasteiger partial charge on any atom is 0.0753 e. The van der Waals surface area contributed by atoms with Crippen LogP contribution in [0.15, 0.2) is 37.6 Å². The highest BCUT2D eigenvalue weighted by Gasteiger charge is 2.30. The van der Waals surface area contributed by atoms with Gasteiger partial charge in [-0.05, 0) is 10.8 Å². The quantitative estimate of drug-likeness (QED) is 0.760. The summed E-state index contributed by atoms with van der Waals surface area (Å²) in [5.74, 6) is 0. The Hall–Kier alpha value is 0.980. The van der Waals surface area contributed by atoms with Gasteiger partial charge in [0.1, 0.15) is 0 Å². The van der Waals surface area contributed by atoms with Gasteiger partial charge >= 0.3 is 0 Å². The third kappa shape index (κ3) is 2.71. The first-order valence-electron chi connectivity index (χ1n) is 4.94. The molecule has 0 amide bonds. The molecule has 0 spiro atoms. The van der Waals surface area contributed by atoms with E-state index in [0.29, 0.717) is 0 Å². The summed E-state index contributed by atoms with van der Waals surface area (Å²) in [4.78, 5) is 1.77. The van der Waals surface area contributed by atoms with Crippen molar-refractivity contribution in [3.63, 3.8) is 0 Å². The van der Waals surface area contributed by atoms with Gasteiger partial charge in [-0.2, -0.15) is 0 Å². The van der Waals surface area contributed by atoms with Crippen molar-refractivity contribution in [2.75, 3.05) is 13.2 Å². The van der Waals surface area contributed by atoms with Crippen LogP contribution in [0.1, 0.15) is 0 Å². The van der Waals surface area contributed by atoms with Gasteiger partial charge in [-0.25, -0.2) is 0 Å². The summed E-state index contributed by atoms with van der Waals surface area (Å²) in [6.45, 7) is 0.0236. The summed E-state index contributed by atoms with van der Waals surface area (Å²) >= 11 is 10.3. The molecule has 2 nitrogen and oxygen atoms in total. The van der Waals surface area contributed by atoms with Gasteiger partial charge in [0.2, 0.25) is 0 Å². The molecule has 0 atom stereocenters. The average molecular weight is 353 g/mol. The van der Waals surface area contributed by atoms with Gasteiger partial charge in [0, 0.05) is 9.81 Å². The van der Waals surface area contributed by atoms with E-state index in [1.54, 1.807) is 70.6 Å². The Labute approximate surface area is 131 Å². The molecule has 0 aromatic rings. The Morgan fingerprint density at radius 1 is 0.667 bits per heavy atom. The van der Waals surface area contributed by atoms with E-state index in [-0.39, 0.29) is 13.2 Å². The van der Waals surface area contributed by atoms with Crippen molar-refractivity contribution in [2.45, 2.75) is 0 Å². The third-order valence-corrected chi connectivity index (χ3v) is 10.5. The van der Waals surface area contributed by atoms with Gasteiger partial charge in [-0.3, -0.25) is 0 Å². The largest absolute Gasteiger partial charge is 0.391 e. The van der Waals surface area contributed by atoms with Gasteiger partial charge in [0.25, 0.3) is 0 Å². The predicted molar refractivity (Wildman–Crippen MR) is 89.9 cm³/mol. The molecule has 0 aromatic heterocycles. The Bertz CT molecular complexity index is 440. The molecule has 8 heteroatoms. The topological polar surface area (TPSA) is 40.5 Å². The average Bonchev–Trinajstić information content (AvgIpc) is 3.01. The molecule has 2 N–H and O–H groups in total. The van der Waals surface area contributed by atoms with Crippen LogP contribution >= 0.6 is 70.6 Å². The van der Waals surface area contributed by atoms with Crippen LogP contribution in [0.5, 0.6) is 0 Å². The number of aliphatic hydroxyl groups is 2. The van der Waals surface area contributed by atoms with Crippen molar-refractivity contribution in [3.8, 4) is 0 Å². The van der Waals surface area contributed by atoms with Gasteiger partial charge < -0.3 is 10.2 Å². The van der Waals surface area contributed by atoms with Gasteiger partial charge in [0.15, 0.2) is 0 Å². The summed E-state index contributed by atoms with van der Waals surface area (Å²) in [5.41, 5.74) is 0. The monoisotopic (exact) mass is 352 g/mol. The first-order chi connectivity index (χ1) is 8.81. The summed E-state index contributed by atoms with van der Waals surface area (Å²) in [5, 5.41) is 22.7. The minimum Gasteiger partial charge on any atom is -0.391 e. The number of thioether (sulfide) groups is 6. The van der Waals surface area contributed by atoms with Crippen LogP contribution in [0.2, 0.25) is 0 Å². The molecule has 0 aromatic carbocycles. The number of aliphatic hydroxyl groups excluding tert-OH is 2. The first-order valence-corrected chi connectivity index (χ1v) is 9.96. The molecule has 3 aliphatic rings. The standard InChI is InChI=1S/C10H8O2S6/c11-3-5-6(4-12)16-9(15-5)10-17-7-8(18-10)14-2-1-13-7/h1-2,11-12H,3-4H2. The molecule has 0 unspecified atom stereocenters. The molecule has 18 heavy (non-hydrogen) atoms. The lowest BCUT2D eigenvalue weighted by atomic mass is 10.5. The van der Waals surface area contributed by atoms with E-state index < -0.39 is 0 Å². The van der Waals surface area contributed by atoms with Crippen molar-refractivity contribution in [1.82, 2.24) is 0 Å². The number of rotatable bonds is 2. The zero-order valence-electron chi connectivity index (χ0n) is 8.91. The molecular weight excluding hydrogens is 345 g/mol. The predicted octanol–water partition coefficient (Wildman–Crippen LogP) is 4.35. The van der Waals surface area contributed by atoms with E-state index in [1.165, 1.54) is 16.9 Å². The zero-order valence-corrected chi connectivity index (χ0v) is 13.8. The van der Waals surface area contributed by atoms with Crippen LogP contribution < -0.4 is 0 Å². The Kier molecular flexibility index (Phi) is 4.78. The van der Waals surface area contributed by atoms with Crippen molar-refractivity contribution in [3.05, 3.63) is 37.6 Å². The normalized spacial score (nSPS) is 23.4. The lowest BCUT2D eigenvalue weighted by Gasteiger charge is -2.02. The second-order valence-electron chi connectivity index (χ2n) is 3.23. The molecule has 0 saturated carbocycles. The fraction of sp³-hybridized carbons (Fsp3) is 0.200. The summed E-state index contributed by atoms with van der Waals surface area (Å²) in [7, 11) is 0.